The summed E-state index contributed by atoms with van der Waals surface area (Å²) in [5, 5.41) is 9.72. The molecule has 0 unspecified atom stereocenters. The second-order valence-electron chi connectivity index (χ2n) is 4.36. The van der Waals surface area contributed by atoms with Crippen molar-refractivity contribution in [2.24, 2.45) is 0 Å². The van der Waals surface area contributed by atoms with E-state index in [4.69, 9.17) is 4.74 Å². The van der Waals surface area contributed by atoms with Crippen molar-refractivity contribution in [2.75, 3.05) is 6.61 Å². The Morgan fingerprint density at radius 1 is 1.47 bits per heavy atom. The second-order valence-corrected chi connectivity index (χ2v) is 5.28. The maximum Gasteiger partial charge on any atom is 0.125 e. The van der Waals surface area contributed by atoms with Crippen molar-refractivity contribution < 1.29 is 9.84 Å². The van der Waals surface area contributed by atoms with Gasteiger partial charge in [-0.1, -0.05) is 15.9 Å². The summed E-state index contributed by atoms with van der Waals surface area (Å²) < 4.78 is 8.69. The smallest absolute Gasteiger partial charge is 0.125 e. The molecule has 2 aromatic rings. The van der Waals surface area contributed by atoms with Gasteiger partial charge in [-0.15, -0.1) is 0 Å². The Morgan fingerprint density at radius 2 is 2.32 bits per heavy atom. The molecule has 0 spiro atoms. The van der Waals surface area contributed by atoms with Gasteiger partial charge < -0.3 is 14.4 Å². The summed E-state index contributed by atoms with van der Waals surface area (Å²) >= 11 is 3.40. The van der Waals surface area contributed by atoms with Crippen LogP contribution in [0.5, 0.6) is 5.75 Å². The highest BCUT2D eigenvalue weighted by atomic mass is 79.9. The zero-order valence-electron chi connectivity index (χ0n) is 10.8. The van der Waals surface area contributed by atoms with E-state index in [1.807, 2.05) is 29.0 Å². The molecule has 2 rings (SSSR count). The molecule has 0 aliphatic heterocycles. The Bertz CT molecular complexity index is 512. The predicted molar refractivity (Wildman–Crippen MR) is 77.1 cm³/mol. The van der Waals surface area contributed by atoms with Crippen LogP contribution in [0.4, 0.5) is 0 Å². The van der Waals surface area contributed by atoms with Gasteiger partial charge in [0.05, 0.1) is 19.0 Å². The normalized spacial score (nSPS) is 12.4. The number of aromatic nitrogens is 2. The van der Waals surface area contributed by atoms with Gasteiger partial charge in [-0.2, -0.15) is 0 Å². The van der Waals surface area contributed by atoms with Crippen molar-refractivity contribution in [3.63, 3.8) is 0 Å². The monoisotopic (exact) mass is 324 g/mol. The highest BCUT2D eigenvalue weighted by Crippen LogP contribution is 2.28. The first-order valence-corrected chi connectivity index (χ1v) is 7.02. The average molecular weight is 325 g/mol. The fraction of sp³-hybridized carbons (Fsp3) is 0.357. The largest absolute Gasteiger partial charge is 0.493 e. The molecule has 19 heavy (non-hydrogen) atoms. The summed E-state index contributed by atoms with van der Waals surface area (Å²) in [5.74, 6) is 0.740. The van der Waals surface area contributed by atoms with Crippen LogP contribution in [0.25, 0.3) is 0 Å². The number of halogens is 1. The molecule has 1 heterocycles. The Labute approximate surface area is 121 Å². The molecule has 1 atom stereocenters. The van der Waals surface area contributed by atoms with Crippen LogP contribution in [0.2, 0.25) is 0 Å². The third-order valence-electron chi connectivity index (χ3n) is 2.80. The van der Waals surface area contributed by atoms with Crippen molar-refractivity contribution in [3.8, 4) is 5.75 Å². The van der Waals surface area contributed by atoms with Crippen LogP contribution in [0.1, 0.15) is 25.0 Å². The van der Waals surface area contributed by atoms with Crippen LogP contribution in [0.15, 0.2) is 41.4 Å². The number of rotatable bonds is 6. The van der Waals surface area contributed by atoms with E-state index < -0.39 is 6.10 Å². The van der Waals surface area contributed by atoms with Gasteiger partial charge in [0, 0.05) is 29.0 Å². The van der Waals surface area contributed by atoms with Crippen LogP contribution in [0.3, 0.4) is 0 Å². The van der Waals surface area contributed by atoms with Crippen molar-refractivity contribution >= 4 is 15.9 Å². The highest BCUT2D eigenvalue weighted by Gasteiger charge is 2.09. The van der Waals surface area contributed by atoms with Crippen molar-refractivity contribution in [3.05, 3.63) is 47.0 Å². The molecule has 0 aliphatic rings. The van der Waals surface area contributed by atoms with Gasteiger partial charge >= 0.3 is 0 Å². The summed E-state index contributed by atoms with van der Waals surface area (Å²) in [5.41, 5.74) is 0.803. The van der Waals surface area contributed by atoms with Gasteiger partial charge in [-0.05, 0) is 31.5 Å². The van der Waals surface area contributed by atoms with E-state index in [1.165, 1.54) is 0 Å². The number of benzene rings is 1. The molecule has 1 N–H and O–H groups in total. The summed E-state index contributed by atoms with van der Waals surface area (Å²) in [4.78, 5) is 3.99. The zero-order valence-corrected chi connectivity index (χ0v) is 12.4. The predicted octanol–water partition coefficient (Wildman–Crippen LogP) is 3.17. The Balaban J connectivity index is 1.88. The van der Waals surface area contributed by atoms with Gasteiger partial charge in [0.2, 0.25) is 0 Å². The minimum Gasteiger partial charge on any atom is -0.493 e. The van der Waals surface area contributed by atoms with Gasteiger partial charge in [0.25, 0.3) is 0 Å². The summed E-state index contributed by atoms with van der Waals surface area (Å²) in [7, 11) is 0. The average Bonchev–Trinajstić information content (AvgIpc) is 2.89. The fourth-order valence-corrected chi connectivity index (χ4v) is 2.20. The molecule has 102 valence electrons. The Hall–Kier alpha value is -1.33. The highest BCUT2D eigenvalue weighted by molar-refractivity contribution is 9.10. The minimum absolute atomic E-state index is 0.541. The molecule has 1 aromatic carbocycles. The van der Waals surface area contributed by atoms with Crippen LogP contribution in [-0.2, 0) is 6.54 Å². The van der Waals surface area contributed by atoms with E-state index in [2.05, 4.69) is 20.9 Å². The van der Waals surface area contributed by atoms with Crippen LogP contribution in [0, 0.1) is 0 Å². The van der Waals surface area contributed by atoms with E-state index in [0.717, 1.165) is 28.8 Å². The summed E-state index contributed by atoms with van der Waals surface area (Å²) in [6, 6.07) is 5.68. The van der Waals surface area contributed by atoms with Crippen molar-refractivity contribution in [1.29, 1.82) is 0 Å². The van der Waals surface area contributed by atoms with Crippen molar-refractivity contribution in [2.45, 2.75) is 26.0 Å². The molecule has 5 heteroatoms. The number of aryl methyl sites for hydroxylation is 1. The molecular formula is C14H17BrN2O2. The number of nitrogens with zero attached hydrogens (tertiary/aromatic N) is 2. The molecule has 0 bridgehead atoms. The number of ether oxygens (including phenoxy) is 1. The Kier molecular flexibility index (Phi) is 4.99. The van der Waals surface area contributed by atoms with E-state index in [9.17, 15) is 5.11 Å². The van der Waals surface area contributed by atoms with Gasteiger partial charge in [-0.3, -0.25) is 0 Å². The SMILES string of the molecule is C[C@H](O)c1cc(Br)ccc1OCCCn1ccnc1. The van der Waals surface area contributed by atoms with Crippen molar-refractivity contribution in [1.82, 2.24) is 9.55 Å². The molecule has 1 aromatic heterocycles. The molecule has 0 saturated carbocycles. The maximum atomic E-state index is 9.72. The van der Waals surface area contributed by atoms with E-state index in [-0.39, 0.29) is 0 Å². The fourth-order valence-electron chi connectivity index (χ4n) is 1.83. The maximum absolute atomic E-state index is 9.72. The van der Waals surface area contributed by atoms with Gasteiger partial charge in [-0.25, -0.2) is 4.98 Å². The quantitative estimate of drug-likeness (QED) is 0.830. The lowest BCUT2D eigenvalue weighted by Crippen LogP contribution is -2.05. The number of hydrogen-bond acceptors (Lipinski definition) is 3. The van der Waals surface area contributed by atoms with Crippen LogP contribution < -0.4 is 4.74 Å². The second kappa shape index (κ2) is 6.73. The lowest BCUT2D eigenvalue weighted by atomic mass is 10.1. The van der Waals surface area contributed by atoms with E-state index >= 15 is 0 Å². The van der Waals surface area contributed by atoms with Gasteiger partial charge in [0.15, 0.2) is 0 Å². The first kappa shape index (κ1) is 14.1. The summed E-state index contributed by atoms with van der Waals surface area (Å²) in [6.07, 6.45) is 5.84. The van der Waals surface area contributed by atoms with E-state index in [0.29, 0.717) is 6.61 Å². The third kappa shape index (κ3) is 4.08. The van der Waals surface area contributed by atoms with Crippen LogP contribution >= 0.6 is 15.9 Å². The zero-order chi connectivity index (χ0) is 13.7. The number of hydrogen-bond donors (Lipinski definition) is 1. The lowest BCUT2D eigenvalue weighted by molar-refractivity contribution is 0.190. The molecular weight excluding hydrogens is 308 g/mol. The molecule has 0 amide bonds. The molecule has 0 fully saturated rings. The standard InChI is InChI=1S/C14H17BrN2O2/c1-11(18)13-9-12(15)3-4-14(13)19-8-2-6-17-7-5-16-10-17/h3-5,7,9-11,18H,2,6,8H2,1H3/t11-/m0/s1. The summed E-state index contributed by atoms with van der Waals surface area (Å²) in [6.45, 7) is 3.22. The molecule has 0 radical (unpaired) electrons. The van der Waals surface area contributed by atoms with Gasteiger partial charge in [0.1, 0.15) is 5.75 Å². The first-order chi connectivity index (χ1) is 9.16. The lowest BCUT2D eigenvalue weighted by Gasteiger charge is -2.14. The van der Waals surface area contributed by atoms with Crippen LogP contribution in [-0.4, -0.2) is 21.3 Å². The number of aliphatic hydroxyl groups is 1. The topological polar surface area (TPSA) is 47.3 Å². The first-order valence-electron chi connectivity index (χ1n) is 6.23. The number of imidazole rings is 1. The minimum atomic E-state index is -0.541. The van der Waals surface area contributed by atoms with E-state index in [1.54, 1.807) is 19.4 Å². The molecule has 4 nitrogen and oxygen atoms in total. The Morgan fingerprint density at radius 3 is 3.00 bits per heavy atom. The number of aliphatic hydroxyl groups excluding tert-OH is 1. The molecule has 0 saturated heterocycles. The molecule has 0 aliphatic carbocycles. The third-order valence-corrected chi connectivity index (χ3v) is 3.29.